The van der Waals surface area contributed by atoms with Crippen LogP contribution in [0, 0.1) is 0 Å². The number of anilines is 1. The maximum atomic E-state index is 11.0. The first-order valence-electron chi connectivity index (χ1n) is 9.19. The highest BCUT2D eigenvalue weighted by Crippen LogP contribution is 2.24. The first-order chi connectivity index (χ1) is 13.1. The van der Waals surface area contributed by atoms with Gasteiger partial charge in [0.15, 0.2) is 0 Å². The van der Waals surface area contributed by atoms with Crippen LogP contribution < -0.4 is 14.8 Å². The molecule has 1 aliphatic carbocycles. The Balaban J connectivity index is 1.51. The number of nitrogens with one attached hydrogen (secondary N) is 2. The molecule has 4 N–H and O–H groups in total. The van der Waals surface area contributed by atoms with Gasteiger partial charge in [0.25, 0.3) is 11.3 Å². The number of ether oxygens (including phenoxy) is 1. The van der Waals surface area contributed by atoms with Crippen molar-refractivity contribution in [3.63, 3.8) is 0 Å². The number of aliphatic hydroxyl groups excluding tert-OH is 1. The van der Waals surface area contributed by atoms with E-state index in [1.807, 2.05) is 48.5 Å². The van der Waals surface area contributed by atoms with E-state index in [4.69, 9.17) is 9.29 Å². The molecule has 0 aliphatic heterocycles. The fourth-order valence-electron chi connectivity index (χ4n) is 3.38. The van der Waals surface area contributed by atoms with Crippen molar-refractivity contribution in [2.45, 2.75) is 37.8 Å². The number of aryl methyl sites for hydroxylation is 1. The van der Waals surface area contributed by atoms with Gasteiger partial charge in [-0.15, -0.1) is 0 Å². The highest BCUT2D eigenvalue weighted by Gasteiger charge is 2.18. The molecule has 6 nitrogen and oxygen atoms in total. The molecule has 0 bridgehead atoms. The van der Waals surface area contributed by atoms with Gasteiger partial charge in [-0.2, -0.15) is 0 Å². The Bertz CT molecular complexity index is 757. The minimum absolute atomic E-state index is 0.247. The van der Waals surface area contributed by atoms with Crippen molar-refractivity contribution < 1.29 is 18.6 Å². The Labute approximate surface area is 162 Å². The van der Waals surface area contributed by atoms with E-state index in [0.717, 1.165) is 31.4 Å². The lowest BCUT2D eigenvalue weighted by Crippen LogP contribution is -2.39. The van der Waals surface area contributed by atoms with E-state index in [1.54, 1.807) is 0 Å². The molecule has 3 atom stereocenters. The first kappa shape index (κ1) is 19.8. The molecule has 0 radical (unpaired) electrons. The summed E-state index contributed by atoms with van der Waals surface area (Å²) in [6, 6.07) is 15.5. The van der Waals surface area contributed by atoms with Crippen LogP contribution in [0.2, 0.25) is 0 Å². The topological polar surface area (TPSA) is 90.8 Å². The van der Waals surface area contributed by atoms with Crippen molar-refractivity contribution in [3.05, 3.63) is 59.7 Å². The maximum Gasteiger partial charge on any atom is 0.259 e. The highest BCUT2D eigenvalue weighted by atomic mass is 32.2. The molecule has 27 heavy (non-hydrogen) atoms. The Hall–Kier alpha value is -1.93. The third-order valence-corrected chi connectivity index (χ3v) is 5.11. The summed E-state index contributed by atoms with van der Waals surface area (Å²) in [5, 5.41) is 13.6. The standard InChI is InChI=1S/C20H26N2O4S/c23-19(14-26-20-7-2-1-3-8-20)13-21-17-6-4-5-15-9-10-18(22-27(24)25)12-16(15)11-17/h1-3,7-10,12,17,19,21-23H,4-6,11,13-14H2,(H,24,25)/t17?,19-/m0/s1. The molecule has 2 unspecified atom stereocenters. The number of fused-ring (bicyclic) bond motifs is 1. The lowest BCUT2D eigenvalue weighted by Gasteiger charge is -2.20. The van der Waals surface area contributed by atoms with Crippen LogP contribution >= 0.6 is 0 Å². The number of aliphatic hydroxyl groups is 1. The molecule has 0 amide bonds. The average molecular weight is 391 g/mol. The fourth-order valence-corrected chi connectivity index (χ4v) is 3.70. The summed E-state index contributed by atoms with van der Waals surface area (Å²) in [4.78, 5) is 0. The van der Waals surface area contributed by atoms with E-state index in [1.165, 1.54) is 11.1 Å². The summed E-state index contributed by atoms with van der Waals surface area (Å²) >= 11 is -2.07. The van der Waals surface area contributed by atoms with Gasteiger partial charge in [0, 0.05) is 18.3 Å². The van der Waals surface area contributed by atoms with Crippen molar-refractivity contribution >= 4 is 17.0 Å². The van der Waals surface area contributed by atoms with Crippen molar-refractivity contribution in [3.8, 4) is 5.75 Å². The van der Waals surface area contributed by atoms with Crippen molar-refractivity contribution in [2.75, 3.05) is 17.9 Å². The van der Waals surface area contributed by atoms with Gasteiger partial charge in [0.1, 0.15) is 18.5 Å². The summed E-state index contributed by atoms with van der Waals surface area (Å²) in [7, 11) is 0. The van der Waals surface area contributed by atoms with Gasteiger partial charge >= 0.3 is 0 Å². The van der Waals surface area contributed by atoms with Crippen LogP contribution in [0.4, 0.5) is 5.69 Å². The van der Waals surface area contributed by atoms with E-state index < -0.39 is 17.4 Å². The molecule has 2 aromatic rings. The van der Waals surface area contributed by atoms with Gasteiger partial charge in [-0.3, -0.25) is 9.27 Å². The molecule has 0 aromatic heterocycles. The molecular formula is C20H26N2O4S. The zero-order chi connectivity index (χ0) is 19.1. The highest BCUT2D eigenvalue weighted by molar-refractivity contribution is 7.80. The van der Waals surface area contributed by atoms with E-state index in [0.29, 0.717) is 12.2 Å². The summed E-state index contributed by atoms with van der Waals surface area (Å²) < 4.78 is 28.1. The molecule has 1 aliphatic rings. The lowest BCUT2D eigenvalue weighted by atomic mass is 10.0. The predicted molar refractivity (Wildman–Crippen MR) is 107 cm³/mol. The van der Waals surface area contributed by atoms with E-state index >= 15 is 0 Å². The van der Waals surface area contributed by atoms with Crippen molar-refractivity contribution in [1.29, 1.82) is 0 Å². The largest absolute Gasteiger partial charge is 0.491 e. The zero-order valence-corrected chi connectivity index (χ0v) is 16.0. The van der Waals surface area contributed by atoms with Gasteiger partial charge in [0.2, 0.25) is 0 Å². The Morgan fingerprint density at radius 3 is 2.78 bits per heavy atom. The Kier molecular flexibility index (Phi) is 7.23. The van der Waals surface area contributed by atoms with Gasteiger partial charge in [-0.1, -0.05) is 24.3 Å². The number of para-hydroxylation sites is 1. The number of hydrogen-bond donors (Lipinski definition) is 4. The monoisotopic (exact) mass is 390 g/mol. The minimum Gasteiger partial charge on any atom is -0.491 e. The fraction of sp³-hybridized carbons (Fsp3) is 0.400. The SMILES string of the molecule is O=S(O)Nc1ccc2c(c1)CC(NC[C@H](O)COc1ccccc1)CCC2. The Morgan fingerprint density at radius 2 is 2.00 bits per heavy atom. The smallest absolute Gasteiger partial charge is 0.259 e. The van der Waals surface area contributed by atoms with Gasteiger partial charge < -0.3 is 15.2 Å². The van der Waals surface area contributed by atoms with Crippen LogP contribution in [-0.2, 0) is 24.1 Å². The molecule has 3 rings (SSSR count). The second-order valence-electron chi connectivity index (χ2n) is 6.81. The summed E-state index contributed by atoms with van der Waals surface area (Å²) in [5.74, 6) is 0.751. The third kappa shape index (κ3) is 6.32. The number of benzene rings is 2. The summed E-state index contributed by atoms with van der Waals surface area (Å²) in [5.41, 5.74) is 3.10. The molecule has 0 saturated carbocycles. The van der Waals surface area contributed by atoms with Crippen LogP contribution in [0.5, 0.6) is 5.75 Å². The van der Waals surface area contributed by atoms with Crippen LogP contribution in [0.15, 0.2) is 48.5 Å². The normalized spacial score (nSPS) is 18.8. The van der Waals surface area contributed by atoms with Crippen molar-refractivity contribution in [2.24, 2.45) is 0 Å². The zero-order valence-electron chi connectivity index (χ0n) is 15.1. The van der Waals surface area contributed by atoms with Crippen LogP contribution in [0.25, 0.3) is 0 Å². The quantitative estimate of drug-likeness (QED) is 0.411. The molecule has 0 saturated heterocycles. The molecule has 0 fully saturated rings. The number of rotatable bonds is 8. The molecular weight excluding hydrogens is 364 g/mol. The van der Waals surface area contributed by atoms with Gasteiger partial charge in [-0.25, -0.2) is 4.21 Å². The van der Waals surface area contributed by atoms with Crippen molar-refractivity contribution in [1.82, 2.24) is 5.32 Å². The third-order valence-electron chi connectivity index (χ3n) is 4.70. The maximum absolute atomic E-state index is 11.0. The molecule has 0 heterocycles. The minimum atomic E-state index is -2.07. The van der Waals surface area contributed by atoms with E-state index in [9.17, 15) is 9.32 Å². The van der Waals surface area contributed by atoms with Crippen LogP contribution in [-0.4, -0.2) is 39.2 Å². The number of hydrogen-bond acceptors (Lipinski definition) is 4. The predicted octanol–water partition coefficient (Wildman–Crippen LogP) is 2.51. The van der Waals surface area contributed by atoms with Gasteiger partial charge in [-0.05, 0) is 61.1 Å². The summed E-state index contributed by atoms with van der Waals surface area (Å²) in [6.45, 7) is 0.710. The van der Waals surface area contributed by atoms with E-state index in [-0.39, 0.29) is 12.6 Å². The molecule has 2 aromatic carbocycles. The van der Waals surface area contributed by atoms with Crippen LogP contribution in [0.3, 0.4) is 0 Å². The molecule has 146 valence electrons. The molecule has 0 spiro atoms. The van der Waals surface area contributed by atoms with Gasteiger partial charge in [0.05, 0.1) is 0 Å². The second kappa shape index (κ2) is 9.85. The Morgan fingerprint density at radius 1 is 1.19 bits per heavy atom. The first-order valence-corrected chi connectivity index (χ1v) is 10.3. The summed E-state index contributed by atoms with van der Waals surface area (Å²) in [6.07, 6.45) is 3.33. The average Bonchev–Trinajstić information content (AvgIpc) is 2.86. The second-order valence-corrected chi connectivity index (χ2v) is 7.52. The van der Waals surface area contributed by atoms with Crippen LogP contribution in [0.1, 0.15) is 24.0 Å². The van der Waals surface area contributed by atoms with E-state index in [2.05, 4.69) is 10.0 Å². The molecule has 7 heteroatoms. The lowest BCUT2D eigenvalue weighted by molar-refractivity contribution is 0.103.